The van der Waals surface area contributed by atoms with E-state index in [2.05, 4.69) is 5.10 Å². The highest BCUT2D eigenvalue weighted by Crippen LogP contribution is 2.34. The lowest BCUT2D eigenvalue weighted by atomic mass is 10.2. The summed E-state index contributed by atoms with van der Waals surface area (Å²) < 4.78 is 0. The molecule has 0 N–H and O–H groups in total. The first kappa shape index (κ1) is 13.0. The quantitative estimate of drug-likeness (QED) is 0.724. The lowest BCUT2D eigenvalue weighted by Gasteiger charge is -2.16. The largest absolute Gasteiger partial charge is 0.275 e. The van der Waals surface area contributed by atoms with E-state index in [0.717, 1.165) is 5.01 Å². The molecule has 0 radical (unpaired) electrons. The van der Waals surface area contributed by atoms with Crippen LogP contribution >= 0.6 is 46.4 Å². The Labute approximate surface area is 118 Å². The summed E-state index contributed by atoms with van der Waals surface area (Å²) >= 11 is 23.5. The second-order valence-corrected chi connectivity index (χ2v) is 5.63. The molecule has 0 bridgehead atoms. The van der Waals surface area contributed by atoms with Gasteiger partial charge in [0.1, 0.15) is 0 Å². The molecular formula is C10H6Cl4N2O. The summed E-state index contributed by atoms with van der Waals surface area (Å²) in [5.41, 5.74) is 0.426. The first-order valence-electron chi connectivity index (χ1n) is 4.56. The number of anilines is 1. The third-order valence-corrected chi connectivity index (χ3v) is 3.59. The van der Waals surface area contributed by atoms with Crippen molar-refractivity contribution >= 4 is 63.2 Å². The summed E-state index contributed by atoms with van der Waals surface area (Å²) in [6.45, 7) is 1.48. The van der Waals surface area contributed by atoms with Gasteiger partial charge < -0.3 is 0 Å². The van der Waals surface area contributed by atoms with Crippen LogP contribution in [0.4, 0.5) is 5.69 Å². The summed E-state index contributed by atoms with van der Waals surface area (Å²) in [6, 6.07) is 4.66. The molecule has 0 fully saturated rings. The van der Waals surface area contributed by atoms with E-state index in [-0.39, 0.29) is 5.17 Å². The number of nitrogens with zero attached hydrogens (tertiary/aromatic N) is 2. The zero-order valence-corrected chi connectivity index (χ0v) is 11.6. The molecule has 0 aromatic heterocycles. The van der Waals surface area contributed by atoms with Gasteiger partial charge in [-0.25, -0.2) is 0 Å². The van der Waals surface area contributed by atoms with Crippen molar-refractivity contribution in [3.63, 3.8) is 0 Å². The Kier molecular flexibility index (Phi) is 3.29. The Morgan fingerprint density at radius 1 is 1.18 bits per heavy atom. The highest BCUT2D eigenvalue weighted by Gasteiger charge is 2.46. The van der Waals surface area contributed by atoms with Crippen LogP contribution < -0.4 is 5.01 Å². The Balaban J connectivity index is 2.46. The number of rotatable bonds is 1. The fourth-order valence-corrected chi connectivity index (χ4v) is 2.14. The van der Waals surface area contributed by atoms with Crippen LogP contribution in [0, 0.1) is 0 Å². The lowest BCUT2D eigenvalue weighted by Crippen LogP contribution is -2.37. The Morgan fingerprint density at radius 2 is 1.71 bits per heavy atom. The molecule has 0 saturated carbocycles. The molecule has 1 aromatic rings. The highest BCUT2D eigenvalue weighted by atomic mass is 35.5. The average Bonchev–Trinajstić information content (AvgIpc) is 2.41. The molecule has 3 nitrogen and oxygen atoms in total. The van der Waals surface area contributed by atoms with Crippen LogP contribution in [0.5, 0.6) is 0 Å². The van der Waals surface area contributed by atoms with E-state index in [9.17, 15) is 4.79 Å². The van der Waals surface area contributed by atoms with Crippen molar-refractivity contribution in [1.82, 2.24) is 0 Å². The normalized spacial score (nSPS) is 24.2. The molecule has 1 heterocycles. The summed E-state index contributed by atoms with van der Waals surface area (Å²) in [4.78, 5) is 10.6. The topological polar surface area (TPSA) is 32.7 Å². The monoisotopic (exact) mass is 310 g/mol. The summed E-state index contributed by atoms with van der Waals surface area (Å²) in [5.74, 6) is -0.442. The molecule has 90 valence electrons. The van der Waals surface area contributed by atoms with E-state index in [4.69, 9.17) is 46.4 Å². The van der Waals surface area contributed by atoms with Gasteiger partial charge >= 0.3 is 0 Å². The second-order valence-electron chi connectivity index (χ2n) is 3.64. The van der Waals surface area contributed by atoms with Crippen molar-refractivity contribution in [1.29, 1.82) is 0 Å². The van der Waals surface area contributed by atoms with Crippen molar-refractivity contribution < 1.29 is 4.79 Å². The number of alkyl halides is 1. The molecule has 17 heavy (non-hydrogen) atoms. The van der Waals surface area contributed by atoms with Crippen LogP contribution in [0.1, 0.15) is 6.92 Å². The van der Waals surface area contributed by atoms with Crippen LogP contribution in [0.3, 0.4) is 0 Å². The van der Waals surface area contributed by atoms with Crippen LogP contribution in [0.2, 0.25) is 10.0 Å². The van der Waals surface area contributed by atoms with E-state index in [1.807, 2.05) is 0 Å². The van der Waals surface area contributed by atoms with Gasteiger partial charge in [-0.15, -0.1) is 11.6 Å². The summed E-state index contributed by atoms with van der Waals surface area (Å²) in [5, 5.41) is 5.79. The molecule has 0 spiro atoms. The van der Waals surface area contributed by atoms with Crippen LogP contribution in [-0.2, 0) is 4.79 Å². The van der Waals surface area contributed by atoms with Crippen LogP contribution in [0.15, 0.2) is 23.3 Å². The summed E-state index contributed by atoms with van der Waals surface area (Å²) in [6.07, 6.45) is 0. The fourth-order valence-electron chi connectivity index (χ4n) is 1.35. The minimum Gasteiger partial charge on any atom is -0.270 e. The molecule has 1 aromatic carbocycles. The number of halogens is 4. The number of carbonyl (C=O) groups is 1. The smallest absolute Gasteiger partial charge is 0.270 e. The predicted octanol–water partition coefficient (Wildman–Crippen LogP) is 3.89. The van der Waals surface area contributed by atoms with Gasteiger partial charge in [-0.05, 0) is 25.1 Å². The molecule has 7 heteroatoms. The molecule has 0 aliphatic carbocycles. The fraction of sp³-hybridized carbons (Fsp3) is 0.200. The molecule has 2 rings (SSSR count). The number of carbonyl (C=O) groups excluding carboxylic acids is 1. The van der Waals surface area contributed by atoms with Gasteiger partial charge in [-0.1, -0.05) is 34.8 Å². The standard InChI is InChI=1S/C10H6Cl4N2O/c1-10(14)8(13)15-16(9(10)17)7-3-5(11)2-6(12)4-7/h2-4H,1H3. The van der Waals surface area contributed by atoms with Gasteiger partial charge in [0.05, 0.1) is 5.69 Å². The maximum Gasteiger partial charge on any atom is 0.275 e. The molecule has 1 aliphatic heterocycles. The number of hydrogen-bond acceptors (Lipinski definition) is 2. The van der Waals surface area contributed by atoms with Gasteiger partial charge in [0.2, 0.25) is 0 Å². The minimum absolute atomic E-state index is 0.0141. The van der Waals surface area contributed by atoms with Gasteiger partial charge in [-0.3, -0.25) is 4.79 Å². The van der Waals surface area contributed by atoms with Gasteiger partial charge in [0.15, 0.2) is 10.0 Å². The lowest BCUT2D eigenvalue weighted by molar-refractivity contribution is -0.118. The third kappa shape index (κ3) is 2.25. The van der Waals surface area contributed by atoms with E-state index in [1.54, 1.807) is 18.2 Å². The predicted molar refractivity (Wildman–Crippen MR) is 71.5 cm³/mol. The Bertz CT molecular complexity index is 507. The maximum absolute atomic E-state index is 12.0. The zero-order chi connectivity index (χ0) is 12.8. The SMILES string of the molecule is CC1(Cl)C(=O)N(c2cc(Cl)cc(Cl)c2)N=C1Cl. The van der Waals surface area contributed by atoms with Crippen molar-refractivity contribution in [3.05, 3.63) is 28.2 Å². The first-order chi connectivity index (χ1) is 7.82. The van der Waals surface area contributed by atoms with Crippen molar-refractivity contribution in [2.75, 3.05) is 5.01 Å². The van der Waals surface area contributed by atoms with Crippen molar-refractivity contribution in [3.8, 4) is 0 Å². The summed E-state index contributed by atoms with van der Waals surface area (Å²) in [7, 11) is 0. The van der Waals surface area contributed by atoms with Crippen LogP contribution in [-0.4, -0.2) is 16.0 Å². The molecular weight excluding hydrogens is 306 g/mol. The maximum atomic E-state index is 12.0. The van der Waals surface area contributed by atoms with E-state index in [0.29, 0.717) is 15.7 Å². The van der Waals surface area contributed by atoms with Gasteiger partial charge in [0, 0.05) is 10.0 Å². The Hall–Kier alpha value is -0.480. The molecule has 1 amide bonds. The number of hydrazone groups is 1. The number of hydrogen-bond donors (Lipinski definition) is 0. The van der Waals surface area contributed by atoms with Gasteiger partial charge in [0.25, 0.3) is 5.91 Å². The van der Waals surface area contributed by atoms with Crippen LogP contribution in [0.25, 0.3) is 0 Å². The molecule has 1 unspecified atom stereocenters. The molecule has 1 atom stereocenters. The molecule has 1 aliphatic rings. The molecule has 0 saturated heterocycles. The van der Waals surface area contributed by atoms with E-state index < -0.39 is 10.8 Å². The van der Waals surface area contributed by atoms with E-state index >= 15 is 0 Å². The minimum atomic E-state index is -1.34. The highest BCUT2D eigenvalue weighted by molar-refractivity contribution is 6.77. The van der Waals surface area contributed by atoms with Crippen molar-refractivity contribution in [2.24, 2.45) is 5.10 Å². The average molecular weight is 312 g/mol. The second kappa shape index (κ2) is 4.32. The first-order valence-corrected chi connectivity index (χ1v) is 6.07. The Morgan fingerprint density at radius 3 is 2.12 bits per heavy atom. The number of benzene rings is 1. The van der Waals surface area contributed by atoms with Crippen molar-refractivity contribution in [2.45, 2.75) is 11.8 Å². The van der Waals surface area contributed by atoms with E-state index in [1.165, 1.54) is 6.92 Å². The zero-order valence-electron chi connectivity index (χ0n) is 8.55. The number of amides is 1. The van der Waals surface area contributed by atoms with Gasteiger partial charge in [-0.2, -0.15) is 10.1 Å². The third-order valence-electron chi connectivity index (χ3n) is 2.26.